The fraction of sp³-hybridized carbons (Fsp3) is 0.250. The van der Waals surface area contributed by atoms with E-state index in [1.165, 1.54) is 5.56 Å². The summed E-state index contributed by atoms with van der Waals surface area (Å²) in [5.41, 5.74) is 4.71. The third-order valence-electron chi connectivity index (χ3n) is 3.43. The van der Waals surface area contributed by atoms with Crippen LogP contribution in [0.5, 0.6) is 0 Å². The van der Waals surface area contributed by atoms with Crippen molar-refractivity contribution >= 4 is 27.6 Å². The maximum absolute atomic E-state index is 11.8. The molecule has 0 amide bonds. The molecule has 0 unspecified atom stereocenters. The van der Waals surface area contributed by atoms with Gasteiger partial charge in [-0.05, 0) is 59.1 Å². The zero-order valence-electron chi connectivity index (χ0n) is 11.6. The van der Waals surface area contributed by atoms with E-state index >= 15 is 0 Å². The van der Waals surface area contributed by atoms with Crippen molar-refractivity contribution in [1.29, 1.82) is 0 Å². The number of benzene rings is 1. The lowest BCUT2D eigenvalue weighted by Gasteiger charge is -2.08. The van der Waals surface area contributed by atoms with Gasteiger partial charge in [0.05, 0.1) is 23.6 Å². The number of hydrogen-bond acceptors (Lipinski definition) is 4. The smallest absolute Gasteiger partial charge is 0.338 e. The molecular formula is C16H15BrN2O2. The van der Waals surface area contributed by atoms with Gasteiger partial charge in [-0.2, -0.15) is 0 Å². The van der Waals surface area contributed by atoms with E-state index in [0.717, 1.165) is 34.4 Å². The molecule has 1 N–H and O–H groups in total. The van der Waals surface area contributed by atoms with Crippen LogP contribution in [0.15, 0.2) is 34.9 Å². The van der Waals surface area contributed by atoms with Crippen molar-refractivity contribution < 1.29 is 9.53 Å². The predicted molar refractivity (Wildman–Crippen MR) is 85.5 cm³/mol. The molecule has 21 heavy (non-hydrogen) atoms. The summed E-state index contributed by atoms with van der Waals surface area (Å²) in [4.78, 5) is 16.2. The maximum atomic E-state index is 11.8. The average molecular weight is 347 g/mol. The van der Waals surface area contributed by atoms with E-state index in [1.54, 1.807) is 25.3 Å². The Labute approximate surface area is 131 Å². The third kappa shape index (κ3) is 2.78. The summed E-state index contributed by atoms with van der Waals surface area (Å²) < 4.78 is 6.05. The summed E-state index contributed by atoms with van der Waals surface area (Å²) in [5, 5.41) is 3.35. The van der Waals surface area contributed by atoms with E-state index in [0.29, 0.717) is 12.2 Å². The van der Waals surface area contributed by atoms with Crippen molar-refractivity contribution in [2.75, 3.05) is 18.5 Å². The molecule has 2 heterocycles. The van der Waals surface area contributed by atoms with Gasteiger partial charge in [0.25, 0.3) is 0 Å². The number of carbonyl (C=O) groups excluding carboxylic acids is 1. The molecule has 2 aromatic rings. The van der Waals surface area contributed by atoms with Gasteiger partial charge < -0.3 is 10.1 Å². The number of carbonyl (C=O) groups is 1. The van der Waals surface area contributed by atoms with Crippen molar-refractivity contribution in [3.63, 3.8) is 0 Å². The van der Waals surface area contributed by atoms with Crippen LogP contribution in [0.3, 0.4) is 0 Å². The molecular weight excluding hydrogens is 332 g/mol. The fourth-order valence-corrected chi connectivity index (χ4v) is 3.10. The van der Waals surface area contributed by atoms with Gasteiger partial charge in [-0.3, -0.25) is 4.98 Å². The van der Waals surface area contributed by atoms with Crippen LogP contribution >= 0.6 is 15.9 Å². The van der Waals surface area contributed by atoms with Crippen LogP contribution in [-0.2, 0) is 11.2 Å². The summed E-state index contributed by atoms with van der Waals surface area (Å²) in [6.45, 7) is 3.12. The monoisotopic (exact) mass is 346 g/mol. The van der Waals surface area contributed by atoms with Crippen LogP contribution in [0.25, 0.3) is 11.3 Å². The molecule has 0 atom stereocenters. The molecule has 3 rings (SSSR count). The molecule has 1 aliphatic rings. The first-order chi connectivity index (χ1) is 10.2. The SMILES string of the molecule is CCOC(=O)c1ccnc(-c2cc(Br)c3c(c2)CCN3)c1. The van der Waals surface area contributed by atoms with Gasteiger partial charge in [-0.15, -0.1) is 0 Å². The van der Waals surface area contributed by atoms with Gasteiger partial charge in [0.15, 0.2) is 0 Å². The zero-order chi connectivity index (χ0) is 14.8. The number of pyridine rings is 1. The maximum Gasteiger partial charge on any atom is 0.338 e. The first-order valence-electron chi connectivity index (χ1n) is 6.89. The van der Waals surface area contributed by atoms with Crippen LogP contribution in [-0.4, -0.2) is 24.1 Å². The molecule has 0 fully saturated rings. The first-order valence-corrected chi connectivity index (χ1v) is 7.68. The molecule has 5 heteroatoms. The minimum Gasteiger partial charge on any atom is -0.462 e. The Morgan fingerprint density at radius 3 is 3.10 bits per heavy atom. The highest BCUT2D eigenvalue weighted by Crippen LogP contribution is 2.35. The summed E-state index contributed by atoms with van der Waals surface area (Å²) >= 11 is 3.59. The average Bonchev–Trinajstić information content (AvgIpc) is 2.96. The van der Waals surface area contributed by atoms with E-state index < -0.39 is 0 Å². The van der Waals surface area contributed by atoms with E-state index in [9.17, 15) is 4.79 Å². The molecule has 0 aliphatic carbocycles. The number of halogens is 1. The Morgan fingerprint density at radius 2 is 2.29 bits per heavy atom. The van der Waals surface area contributed by atoms with Crippen molar-refractivity contribution in [2.45, 2.75) is 13.3 Å². The number of hydrogen-bond donors (Lipinski definition) is 1. The zero-order valence-corrected chi connectivity index (χ0v) is 13.2. The van der Waals surface area contributed by atoms with Crippen molar-refractivity contribution in [2.24, 2.45) is 0 Å². The Kier molecular flexibility index (Phi) is 3.92. The topological polar surface area (TPSA) is 51.2 Å². The Balaban J connectivity index is 1.99. The molecule has 1 aromatic heterocycles. The molecule has 0 spiro atoms. The quantitative estimate of drug-likeness (QED) is 0.861. The van der Waals surface area contributed by atoms with E-state index in [4.69, 9.17) is 4.74 Å². The minimum absolute atomic E-state index is 0.317. The van der Waals surface area contributed by atoms with Gasteiger partial charge in [0.2, 0.25) is 0 Å². The Hall–Kier alpha value is -1.88. The summed E-state index contributed by atoms with van der Waals surface area (Å²) in [6, 6.07) is 7.59. The van der Waals surface area contributed by atoms with Gasteiger partial charge in [0, 0.05) is 22.8 Å². The molecule has 0 saturated carbocycles. The van der Waals surface area contributed by atoms with Crippen LogP contribution in [0.1, 0.15) is 22.8 Å². The second kappa shape index (κ2) is 5.85. The largest absolute Gasteiger partial charge is 0.462 e. The molecule has 1 aliphatic heterocycles. The summed E-state index contributed by atoms with van der Waals surface area (Å²) in [7, 11) is 0. The lowest BCUT2D eigenvalue weighted by Crippen LogP contribution is -2.05. The number of aromatic nitrogens is 1. The van der Waals surface area contributed by atoms with Crippen LogP contribution in [0.4, 0.5) is 5.69 Å². The van der Waals surface area contributed by atoms with Crippen molar-refractivity contribution in [3.05, 3.63) is 46.1 Å². The molecule has 0 bridgehead atoms. The Morgan fingerprint density at radius 1 is 1.43 bits per heavy atom. The second-order valence-electron chi connectivity index (χ2n) is 4.82. The third-order valence-corrected chi connectivity index (χ3v) is 4.06. The normalized spacial score (nSPS) is 12.7. The summed E-state index contributed by atoms with van der Waals surface area (Å²) in [6.07, 6.45) is 2.64. The van der Waals surface area contributed by atoms with Crippen molar-refractivity contribution in [3.8, 4) is 11.3 Å². The number of ether oxygens (including phenoxy) is 1. The first kappa shape index (κ1) is 14.1. The fourth-order valence-electron chi connectivity index (χ4n) is 2.46. The highest BCUT2D eigenvalue weighted by atomic mass is 79.9. The lowest BCUT2D eigenvalue weighted by atomic mass is 10.0. The molecule has 0 saturated heterocycles. The molecule has 4 nitrogen and oxygen atoms in total. The number of anilines is 1. The number of nitrogens with one attached hydrogen (secondary N) is 1. The number of rotatable bonds is 3. The molecule has 0 radical (unpaired) electrons. The second-order valence-corrected chi connectivity index (χ2v) is 5.67. The molecule has 108 valence electrons. The number of nitrogens with zero attached hydrogens (tertiary/aromatic N) is 1. The van der Waals surface area contributed by atoms with Gasteiger partial charge in [-0.1, -0.05) is 0 Å². The predicted octanol–water partition coefficient (Wildman–Crippen LogP) is 3.66. The lowest BCUT2D eigenvalue weighted by molar-refractivity contribution is 0.0526. The highest BCUT2D eigenvalue weighted by molar-refractivity contribution is 9.10. The highest BCUT2D eigenvalue weighted by Gasteiger charge is 2.16. The molecule has 1 aromatic carbocycles. The van der Waals surface area contributed by atoms with Crippen LogP contribution in [0, 0.1) is 0 Å². The van der Waals surface area contributed by atoms with E-state index in [1.807, 2.05) is 6.07 Å². The van der Waals surface area contributed by atoms with E-state index in [-0.39, 0.29) is 5.97 Å². The number of fused-ring (bicyclic) bond motifs is 1. The van der Waals surface area contributed by atoms with Gasteiger partial charge >= 0.3 is 5.97 Å². The van der Waals surface area contributed by atoms with Crippen LogP contribution < -0.4 is 5.32 Å². The Bertz CT molecular complexity index is 701. The van der Waals surface area contributed by atoms with E-state index in [2.05, 4.69) is 32.3 Å². The standard InChI is InChI=1S/C16H15BrN2O2/c1-2-21-16(20)11-4-5-18-14(9-11)12-7-10-3-6-19-15(10)13(17)8-12/h4-5,7-9,19H,2-3,6H2,1H3. The minimum atomic E-state index is -0.317. The summed E-state index contributed by atoms with van der Waals surface area (Å²) in [5.74, 6) is -0.317. The van der Waals surface area contributed by atoms with Gasteiger partial charge in [-0.25, -0.2) is 4.79 Å². The number of esters is 1. The van der Waals surface area contributed by atoms with Crippen LogP contribution in [0.2, 0.25) is 0 Å². The van der Waals surface area contributed by atoms with Crippen molar-refractivity contribution in [1.82, 2.24) is 4.98 Å². The van der Waals surface area contributed by atoms with Gasteiger partial charge in [0.1, 0.15) is 0 Å².